The highest BCUT2D eigenvalue weighted by Gasteiger charge is 2.12. The van der Waals surface area contributed by atoms with E-state index < -0.39 is 4.92 Å². The highest BCUT2D eigenvalue weighted by Crippen LogP contribution is 2.31. The van der Waals surface area contributed by atoms with Crippen LogP contribution in [-0.4, -0.2) is 14.9 Å². The van der Waals surface area contributed by atoms with Gasteiger partial charge in [0.25, 0.3) is 5.69 Å². The van der Waals surface area contributed by atoms with Gasteiger partial charge in [-0.05, 0) is 18.7 Å². The normalized spacial score (nSPS) is 10.5. The summed E-state index contributed by atoms with van der Waals surface area (Å²) in [6, 6.07) is 2.60. The Morgan fingerprint density at radius 1 is 1.47 bits per heavy atom. The number of nitro groups is 1. The van der Waals surface area contributed by atoms with Gasteiger partial charge in [-0.3, -0.25) is 10.1 Å². The van der Waals surface area contributed by atoms with Gasteiger partial charge in [-0.2, -0.15) is 0 Å². The number of thiazole rings is 1. The maximum atomic E-state index is 10.7. The molecule has 0 saturated carbocycles. The summed E-state index contributed by atoms with van der Waals surface area (Å²) in [5.74, 6) is 0. The van der Waals surface area contributed by atoms with Gasteiger partial charge >= 0.3 is 0 Å². The second-order valence-electron chi connectivity index (χ2n) is 3.10. The standard InChI is InChI=1S/C9H6ClN3O2S2/c1-5-4-16-9(11-5)17-8-3-6(13(14)15)2-7(10)12-8/h2-4H,1H3. The first kappa shape index (κ1) is 12.3. The number of pyridine rings is 1. The lowest BCUT2D eigenvalue weighted by Crippen LogP contribution is -1.90. The Morgan fingerprint density at radius 2 is 2.24 bits per heavy atom. The summed E-state index contributed by atoms with van der Waals surface area (Å²) in [4.78, 5) is 18.4. The molecule has 8 heteroatoms. The number of hydrogen-bond acceptors (Lipinski definition) is 6. The quantitative estimate of drug-likeness (QED) is 0.490. The second-order valence-corrected chi connectivity index (χ2v) is 5.61. The minimum Gasteiger partial charge on any atom is -0.258 e. The number of nitrogens with zero attached hydrogens (tertiary/aromatic N) is 3. The first-order valence-electron chi connectivity index (χ1n) is 4.46. The predicted octanol–water partition coefficient (Wildman–Crippen LogP) is 3.56. The van der Waals surface area contributed by atoms with E-state index in [0.717, 1.165) is 10.0 Å². The fraction of sp³-hybridized carbons (Fsp3) is 0.111. The second kappa shape index (κ2) is 4.99. The molecule has 0 unspecified atom stereocenters. The zero-order chi connectivity index (χ0) is 12.4. The van der Waals surface area contributed by atoms with Crippen LogP contribution in [0.25, 0.3) is 0 Å². The highest BCUT2D eigenvalue weighted by atomic mass is 35.5. The summed E-state index contributed by atoms with van der Waals surface area (Å²) in [7, 11) is 0. The van der Waals surface area contributed by atoms with Crippen molar-refractivity contribution in [2.24, 2.45) is 0 Å². The van der Waals surface area contributed by atoms with E-state index in [2.05, 4.69) is 9.97 Å². The molecule has 0 aliphatic heterocycles. The number of aryl methyl sites for hydroxylation is 1. The molecule has 2 heterocycles. The van der Waals surface area contributed by atoms with Gasteiger partial charge in [-0.1, -0.05) is 11.6 Å². The van der Waals surface area contributed by atoms with Gasteiger partial charge in [-0.25, -0.2) is 9.97 Å². The lowest BCUT2D eigenvalue weighted by Gasteiger charge is -1.98. The monoisotopic (exact) mass is 287 g/mol. The Balaban J connectivity index is 2.29. The van der Waals surface area contributed by atoms with E-state index in [4.69, 9.17) is 11.6 Å². The van der Waals surface area contributed by atoms with Gasteiger partial charge in [0.1, 0.15) is 10.2 Å². The first-order chi connectivity index (χ1) is 8.04. The van der Waals surface area contributed by atoms with Crippen molar-refractivity contribution >= 4 is 40.4 Å². The van der Waals surface area contributed by atoms with Crippen molar-refractivity contribution in [3.63, 3.8) is 0 Å². The van der Waals surface area contributed by atoms with Crippen molar-refractivity contribution < 1.29 is 4.92 Å². The van der Waals surface area contributed by atoms with Crippen molar-refractivity contribution in [3.05, 3.63) is 38.5 Å². The summed E-state index contributed by atoms with van der Waals surface area (Å²) in [5.41, 5.74) is 0.842. The lowest BCUT2D eigenvalue weighted by atomic mass is 10.4. The van der Waals surface area contributed by atoms with Crippen LogP contribution in [0, 0.1) is 17.0 Å². The fourth-order valence-corrected chi connectivity index (χ4v) is 3.15. The van der Waals surface area contributed by atoms with E-state index in [1.54, 1.807) is 0 Å². The molecule has 0 aromatic carbocycles. The van der Waals surface area contributed by atoms with Crippen molar-refractivity contribution in [2.45, 2.75) is 16.3 Å². The smallest absolute Gasteiger partial charge is 0.258 e. The van der Waals surface area contributed by atoms with Gasteiger partial charge in [0.05, 0.1) is 11.0 Å². The Hall–Kier alpha value is -1.18. The molecule has 5 nitrogen and oxygen atoms in total. The third-order valence-electron chi connectivity index (χ3n) is 1.76. The third-order valence-corrected chi connectivity index (χ3v) is 3.92. The van der Waals surface area contributed by atoms with Gasteiger partial charge in [0.15, 0.2) is 4.34 Å². The molecule has 0 fully saturated rings. The minimum atomic E-state index is -0.495. The molecule has 0 bridgehead atoms. The average Bonchev–Trinajstić information content (AvgIpc) is 2.63. The van der Waals surface area contributed by atoms with Crippen LogP contribution in [0.2, 0.25) is 5.15 Å². The van der Waals surface area contributed by atoms with E-state index in [1.165, 1.54) is 35.2 Å². The molecule has 2 rings (SSSR count). The van der Waals surface area contributed by atoms with Gasteiger partial charge in [-0.15, -0.1) is 11.3 Å². The molecule has 17 heavy (non-hydrogen) atoms. The van der Waals surface area contributed by atoms with Gasteiger partial charge in [0, 0.05) is 17.1 Å². The lowest BCUT2D eigenvalue weighted by molar-refractivity contribution is -0.385. The number of hydrogen-bond donors (Lipinski definition) is 0. The molecule has 0 aliphatic rings. The van der Waals surface area contributed by atoms with Crippen LogP contribution >= 0.6 is 34.7 Å². The van der Waals surface area contributed by atoms with Crippen LogP contribution in [-0.2, 0) is 0 Å². The molecule has 0 amide bonds. The fourth-order valence-electron chi connectivity index (χ4n) is 1.09. The molecular formula is C9H6ClN3O2S2. The summed E-state index contributed by atoms with van der Waals surface area (Å²) in [5, 5.41) is 13.1. The zero-order valence-corrected chi connectivity index (χ0v) is 11.0. The summed E-state index contributed by atoms with van der Waals surface area (Å²) >= 11 is 8.44. The molecule has 2 aromatic heterocycles. The van der Waals surface area contributed by atoms with Crippen LogP contribution < -0.4 is 0 Å². The number of halogens is 1. The summed E-state index contributed by atoms with van der Waals surface area (Å²) < 4.78 is 0.784. The Bertz CT molecular complexity index is 573. The van der Waals surface area contributed by atoms with Crippen LogP contribution in [0.1, 0.15) is 5.69 Å². The maximum absolute atomic E-state index is 10.7. The molecular weight excluding hydrogens is 282 g/mol. The Kier molecular flexibility index (Phi) is 3.60. The zero-order valence-electron chi connectivity index (χ0n) is 8.58. The molecule has 0 radical (unpaired) electrons. The molecule has 0 saturated heterocycles. The van der Waals surface area contributed by atoms with Crippen molar-refractivity contribution in [1.29, 1.82) is 0 Å². The Labute approximate surface area is 110 Å². The SMILES string of the molecule is Cc1csc(Sc2cc([N+](=O)[O-])cc(Cl)n2)n1. The van der Waals surface area contributed by atoms with E-state index >= 15 is 0 Å². The molecule has 0 spiro atoms. The predicted molar refractivity (Wildman–Crippen MR) is 66.9 cm³/mol. The van der Waals surface area contributed by atoms with Gasteiger partial charge in [0.2, 0.25) is 0 Å². The van der Waals surface area contributed by atoms with Gasteiger partial charge < -0.3 is 0 Å². The average molecular weight is 288 g/mol. The van der Waals surface area contributed by atoms with E-state index in [1.807, 2.05) is 12.3 Å². The molecule has 2 aromatic rings. The highest BCUT2D eigenvalue weighted by molar-refractivity contribution is 8.01. The van der Waals surface area contributed by atoms with E-state index in [-0.39, 0.29) is 10.8 Å². The van der Waals surface area contributed by atoms with Crippen LogP contribution in [0.3, 0.4) is 0 Å². The molecule has 0 N–H and O–H groups in total. The number of rotatable bonds is 3. The molecule has 88 valence electrons. The molecule has 0 atom stereocenters. The van der Waals surface area contributed by atoms with Crippen molar-refractivity contribution in [2.75, 3.05) is 0 Å². The minimum absolute atomic E-state index is 0.0687. The van der Waals surface area contributed by atoms with E-state index in [9.17, 15) is 10.1 Å². The summed E-state index contributed by atoms with van der Waals surface area (Å²) in [6.07, 6.45) is 0. The van der Waals surface area contributed by atoms with E-state index in [0.29, 0.717) is 5.03 Å². The Morgan fingerprint density at radius 3 is 2.82 bits per heavy atom. The third kappa shape index (κ3) is 3.15. The van der Waals surface area contributed by atoms with Crippen molar-refractivity contribution in [1.82, 2.24) is 9.97 Å². The van der Waals surface area contributed by atoms with Crippen molar-refractivity contribution in [3.8, 4) is 0 Å². The topological polar surface area (TPSA) is 68.9 Å². The molecule has 0 aliphatic carbocycles. The van der Waals surface area contributed by atoms with Crippen LogP contribution in [0.5, 0.6) is 0 Å². The van der Waals surface area contributed by atoms with Crippen LogP contribution in [0.15, 0.2) is 26.9 Å². The maximum Gasteiger partial charge on any atom is 0.275 e. The summed E-state index contributed by atoms with van der Waals surface area (Å²) in [6.45, 7) is 1.88. The first-order valence-corrected chi connectivity index (χ1v) is 6.54. The largest absolute Gasteiger partial charge is 0.275 e. The number of aromatic nitrogens is 2. The van der Waals surface area contributed by atoms with Crippen LogP contribution in [0.4, 0.5) is 5.69 Å².